The van der Waals surface area contributed by atoms with Crippen LogP contribution in [-0.4, -0.2) is 17.9 Å². The highest BCUT2D eigenvalue weighted by Crippen LogP contribution is 2.10. The van der Waals surface area contributed by atoms with Gasteiger partial charge in [-0.05, 0) is 36.3 Å². The first-order chi connectivity index (χ1) is 11.5. The molecule has 124 valence electrons. The summed E-state index contributed by atoms with van der Waals surface area (Å²) >= 11 is 5.79. The van der Waals surface area contributed by atoms with Crippen LogP contribution in [0.2, 0.25) is 5.02 Å². The minimum Gasteiger partial charge on any atom is -0.459 e. The Morgan fingerprint density at radius 1 is 1.12 bits per heavy atom. The molecule has 1 amide bonds. The zero-order chi connectivity index (χ0) is 17.4. The number of benzene rings is 2. The first-order valence-electron chi connectivity index (χ1n) is 7.49. The lowest BCUT2D eigenvalue weighted by atomic mass is 10.2. The van der Waals surface area contributed by atoms with Gasteiger partial charge < -0.3 is 10.1 Å². The quantitative estimate of drug-likeness (QED) is 0.644. The maximum absolute atomic E-state index is 11.9. The number of hydrogen-bond acceptors (Lipinski definition) is 3. The summed E-state index contributed by atoms with van der Waals surface area (Å²) in [6.45, 7) is 1.72. The number of nitrogens with one attached hydrogen (secondary N) is 1. The van der Waals surface area contributed by atoms with Gasteiger partial charge in [0, 0.05) is 11.1 Å². The highest BCUT2D eigenvalue weighted by atomic mass is 35.5. The number of carbonyl (C=O) groups is 2. The zero-order valence-electron chi connectivity index (χ0n) is 13.2. The third-order valence-electron chi connectivity index (χ3n) is 3.23. The van der Waals surface area contributed by atoms with E-state index in [1.807, 2.05) is 30.3 Å². The van der Waals surface area contributed by atoms with Gasteiger partial charge in [-0.3, -0.25) is 4.79 Å². The van der Waals surface area contributed by atoms with E-state index in [2.05, 4.69) is 5.32 Å². The van der Waals surface area contributed by atoms with Crippen LogP contribution in [0.4, 0.5) is 0 Å². The number of rotatable bonds is 6. The summed E-state index contributed by atoms with van der Waals surface area (Å²) in [5.41, 5.74) is 1.74. The molecular formula is C19H18ClNO3. The summed E-state index contributed by atoms with van der Waals surface area (Å²) in [6, 6.07) is 15.7. The summed E-state index contributed by atoms with van der Waals surface area (Å²) < 4.78 is 5.17. The SMILES string of the molecule is C[C@H](NC(=O)/C=C/c1ccccc1)C(=O)OCc1ccc(Cl)cc1. The lowest BCUT2D eigenvalue weighted by Gasteiger charge is -2.12. The number of esters is 1. The van der Waals surface area contributed by atoms with E-state index in [0.717, 1.165) is 11.1 Å². The molecule has 0 radical (unpaired) electrons. The molecule has 0 unspecified atom stereocenters. The van der Waals surface area contributed by atoms with Crippen LogP contribution in [0.15, 0.2) is 60.7 Å². The fourth-order valence-electron chi connectivity index (χ4n) is 1.92. The Bertz CT molecular complexity index is 711. The van der Waals surface area contributed by atoms with E-state index in [-0.39, 0.29) is 12.5 Å². The van der Waals surface area contributed by atoms with Gasteiger partial charge in [-0.2, -0.15) is 0 Å². The van der Waals surface area contributed by atoms with Crippen molar-refractivity contribution in [1.29, 1.82) is 0 Å². The standard InChI is InChI=1S/C19H18ClNO3/c1-14(19(23)24-13-16-7-10-17(20)11-8-16)21-18(22)12-9-15-5-3-2-4-6-15/h2-12,14H,13H2,1H3,(H,21,22)/b12-9+/t14-/m0/s1. The molecule has 0 fully saturated rings. The van der Waals surface area contributed by atoms with Crippen molar-refractivity contribution in [3.05, 3.63) is 76.8 Å². The first kappa shape index (κ1) is 17.8. The molecule has 1 N–H and O–H groups in total. The molecule has 0 aliphatic carbocycles. The Hall–Kier alpha value is -2.59. The van der Waals surface area contributed by atoms with Gasteiger partial charge in [0.1, 0.15) is 12.6 Å². The minimum atomic E-state index is -0.731. The van der Waals surface area contributed by atoms with E-state index in [0.29, 0.717) is 5.02 Å². The molecule has 0 spiro atoms. The molecule has 0 aliphatic rings. The number of ether oxygens (including phenoxy) is 1. The maximum Gasteiger partial charge on any atom is 0.328 e. The highest BCUT2D eigenvalue weighted by molar-refractivity contribution is 6.30. The topological polar surface area (TPSA) is 55.4 Å². The van der Waals surface area contributed by atoms with Crippen molar-refractivity contribution in [3.63, 3.8) is 0 Å². The summed E-state index contributed by atoms with van der Waals surface area (Å²) in [5.74, 6) is -0.846. The molecular weight excluding hydrogens is 326 g/mol. The predicted molar refractivity (Wildman–Crippen MR) is 94.3 cm³/mol. The number of hydrogen-bond donors (Lipinski definition) is 1. The molecule has 0 aliphatic heterocycles. The molecule has 0 saturated carbocycles. The van der Waals surface area contributed by atoms with Gasteiger partial charge in [0.2, 0.25) is 5.91 Å². The molecule has 0 heterocycles. The van der Waals surface area contributed by atoms with Gasteiger partial charge >= 0.3 is 5.97 Å². The van der Waals surface area contributed by atoms with E-state index in [1.165, 1.54) is 6.08 Å². The van der Waals surface area contributed by atoms with Crippen molar-refractivity contribution in [3.8, 4) is 0 Å². The van der Waals surface area contributed by atoms with Crippen molar-refractivity contribution >= 4 is 29.6 Å². The van der Waals surface area contributed by atoms with Gasteiger partial charge in [-0.1, -0.05) is 54.1 Å². The van der Waals surface area contributed by atoms with Crippen LogP contribution in [-0.2, 0) is 20.9 Å². The fraction of sp³-hybridized carbons (Fsp3) is 0.158. The average molecular weight is 344 g/mol. The second-order valence-corrected chi connectivity index (χ2v) is 5.64. The number of carbonyl (C=O) groups excluding carboxylic acids is 2. The smallest absolute Gasteiger partial charge is 0.328 e. The summed E-state index contributed by atoms with van der Waals surface area (Å²) in [5, 5.41) is 3.20. The highest BCUT2D eigenvalue weighted by Gasteiger charge is 2.15. The Kier molecular flexibility index (Phi) is 6.58. The lowest BCUT2D eigenvalue weighted by Crippen LogP contribution is -2.38. The Balaban J connectivity index is 1.79. The van der Waals surface area contributed by atoms with Gasteiger partial charge in [0.25, 0.3) is 0 Å². The third kappa shape index (κ3) is 5.89. The molecule has 0 saturated heterocycles. The normalized spacial score (nSPS) is 11.9. The number of halogens is 1. The maximum atomic E-state index is 11.9. The Labute approximate surface area is 146 Å². The summed E-state index contributed by atoms with van der Waals surface area (Å²) in [4.78, 5) is 23.7. The van der Waals surface area contributed by atoms with E-state index >= 15 is 0 Å². The van der Waals surface area contributed by atoms with Crippen molar-refractivity contribution in [2.24, 2.45) is 0 Å². The Morgan fingerprint density at radius 2 is 1.79 bits per heavy atom. The average Bonchev–Trinajstić information content (AvgIpc) is 2.60. The third-order valence-corrected chi connectivity index (χ3v) is 3.49. The van der Waals surface area contributed by atoms with Gasteiger partial charge in [-0.25, -0.2) is 4.79 Å². The lowest BCUT2D eigenvalue weighted by molar-refractivity contribution is -0.148. The van der Waals surface area contributed by atoms with Crippen LogP contribution in [0.5, 0.6) is 0 Å². The summed E-state index contributed by atoms with van der Waals surface area (Å²) in [7, 11) is 0. The first-order valence-corrected chi connectivity index (χ1v) is 7.87. The van der Waals surface area contributed by atoms with Crippen molar-refractivity contribution in [2.45, 2.75) is 19.6 Å². The largest absolute Gasteiger partial charge is 0.459 e. The summed E-state index contributed by atoms with van der Waals surface area (Å²) in [6.07, 6.45) is 3.07. The van der Waals surface area contributed by atoms with E-state index in [9.17, 15) is 9.59 Å². The molecule has 24 heavy (non-hydrogen) atoms. The second-order valence-electron chi connectivity index (χ2n) is 5.21. The van der Waals surface area contributed by atoms with Crippen molar-refractivity contribution < 1.29 is 14.3 Å². The van der Waals surface area contributed by atoms with E-state index in [1.54, 1.807) is 37.3 Å². The van der Waals surface area contributed by atoms with Crippen molar-refractivity contribution in [2.75, 3.05) is 0 Å². The molecule has 2 aromatic carbocycles. The zero-order valence-corrected chi connectivity index (χ0v) is 14.0. The molecule has 2 aromatic rings. The van der Waals surface area contributed by atoms with Gasteiger partial charge in [0.15, 0.2) is 0 Å². The molecule has 0 bridgehead atoms. The van der Waals surface area contributed by atoms with Crippen LogP contribution in [0, 0.1) is 0 Å². The monoisotopic (exact) mass is 343 g/mol. The van der Waals surface area contributed by atoms with Crippen LogP contribution < -0.4 is 5.32 Å². The fourth-order valence-corrected chi connectivity index (χ4v) is 2.04. The molecule has 4 nitrogen and oxygen atoms in total. The molecule has 1 atom stereocenters. The van der Waals surface area contributed by atoms with Crippen LogP contribution in [0.1, 0.15) is 18.1 Å². The Morgan fingerprint density at radius 3 is 2.46 bits per heavy atom. The van der Waals surface area contributed by atoms with Crippen LogP contribution in [0.3, 0.4) is 0 Å². The van der Waals surface area contributed by atoms with Crippen LogP contribution >= 0.6 is 11.6 Å². The second kappa shape index (κ2) is 8.89. The molecule has 5 heteroatoms. The predicted octanol–water partition coefficient (Wildman–Crippen LogP) is 3.60. The number of amides is 1. The molecule has 0 aromatic heterocycles. The van der Waals surface area contributed by atoms with E-state index < -0.39 is 12.0 Å². The van der Waals surface area contributed by atoms with E-state index in [4.69, 9.17) is 16.3 Å². The molecule has 2 rings (SSSR count). The van der Waals surface area contributed by atoms with Gasteiger partial charge in [0.05, 0.1) is 0 Å². The minimum absolute atomic E-state index is 0.135. The van der Waals surface area contributed by atoms with Crippen molar-refractivity contribution in [1.82, 2.24) is 5.32 Å². The van der Waals surface area contributed by atoms with Gasteiger partial charge in [-0.15, -0.1) is 0 Å². The van der Waals surface area contributed by atoms with Crippen LogP contribution in [0.25, 0.3) is 6.08 Å².